The number of benzene rings is 1. The number of rotatable bonds is 6. The molecule has 0 unspecified atom stereocenters. The molecule has 0 aliphatic heterocycles. The van der Waals surface area contributed by atoms with Crippen molar-refractivity contribution in [1.82, 2.24) is 0 Å². The van der Waals surface area contributed by atoms with Crippen LogP contribution in [0.25, 0.3) is 0 Å². The molecule has 0 aliphatic carbocycles. The highest BCUT2D eigenvalue weighted by Crippen LogP contribution is 2.23. The smallest absolute Gasteiger partial charge is 0.328 e. The largest absolute Gasteiger partial charge is 0.461 e. The van der Waals surface area contributed by atoms with E-state index in [0.29, 0.717) is 0 Å². The van der Waals surface area contributed by atoms with Crippen molar-refractivity contribution in [3.05, 3.63) is 29.3 Å². The van der Waals surface area contributed by atoms with Crippen molar-refractivity contribution in [2.24, 2.45) is 0 Å². The van der Waals surface area contributed by atoms with Gasteiger partial charge in [0.25, 0.3) is 0 Å². The molecule has 0 aromatic heterocycles. The van der Waals surface area contributed by atoms with Crippen molar-refractivity contribution in [1.29, 1.82) is 0 Å². The van der Waals surface area contributed by atoms with E-state index in [2.05, 4.69) is 37.4 Å². The minimum Gasteiger partial charge on any atom is -0.461 e. The molecule has 1 atom stereocenters. The van der Waals surface area contributed by atoms with Gasteiger partial charge in [0.2, 0.25) is 0 Å². The summed E-state index contributed by atoms with van der Waals surface area (Å²) < 4.78 is 5.23. The molecule has 0 saturated heterocycles. The van der Waals surface area contributed by atoms with Crippen LogP contribution in [0.5, 0.6) is 0 Å². The predicted octanol–water partition coefficient (Wildman–Crippen LogP) is 3.56. The van der Waals surface area contributed by atoms with Gasteiger partial charge in [-0.25, -0.2) is 4.79 Å². The molecular formula is C16H25NO2. The summed E-state index contributed by atoms with van der Waals surface area (Å²) in [5.41, 5.74) is 3.56. The molecule has 0 saturated carbocycles. The topological polar surface area (TPSA) is 38.3 Å². The fourth-order valence-electron chi connectivity index (χ4n) is 2.04. The van der Waals surface area contributed by atoms with Crippen molar-refractivity contribution in [3.63, 3.8) is 0 Å². The highest BCUT2D eigenvalue weighted by atomic mass is 16.5. The second-order valence-corrected chi connectivity index (χ2v) is 5.01. The molecule has 1 N–H and O–H groups in total. The van der Waals surface area contributed by atoms with E-state index in [0.717, 1.165) is 18.5 Å². The lowest BCUT2D eigenvalue weighted by Crippen LogP contribution is -2.30. The van der Waals surface area contributed by atoms with Crippen LogP contribution in [-0.2, 0) is 22.4 Å². The van der Waals surface area contributed by atoms with E-state index in [1.54, 1.807) is 0 Å². The van der Waals surface area contributed by atoms with Gasteiger partial charge in [0.05, 0.1) is 6.10 Å². The summed E-state index contributed by atoms with van der Waals surface area (Å²) in [4.78, 5) is 11.9. The average molecular weight is 263 g/mol. The second-order valence-electron chi connectivity index (χ2n) is 5.01. The molecule has 1 aromatic carbocycles. The van der Waals surface area contributed by atoms with E-state index < -0.39 is 0 Å². The molecule has 1 aromatic rings. The van der Waals surface area contributed by atoms with Crippen LogP contribution in [0.15, 0.2) is 18.2 Å². The molecule has 0 amide bonds. The number of carbonyl (C=O) groups is 1. The first kappa shape index (κ1) is 15.5. The SMILES string of the molecule is CCc1cccc(CC)c1N[C@@H](C)C(=O)OC(C)C. The predicted molar refractivity (Wildman–Crippen MR) is 79.5 cm³/mol. The van der Waals surface area contributed by atoms with Crippen LogP contribution < -0.4 is 5.32 Å². The number of hydrogen-bond donors (Lipinski definition) is 1. The van der Waals surface area contributed by atoms with E-state index >= 15 is 0 Å². The number of esters is 1. The Labute approximate surface area is 116 Å². The lowest BCUT2D eigenvalue weighted by Gasteiger charge is -2.20. The highest BCUT2D eigenvalue weighted by Gasteiger charge is 2.17. The molecule has 19 heavy (non-hydrogen) atoms. The summed E-state index contributed by atoms with van der Waals surface area (Å²) in [5.74, 6) is -0.206. The minimum absolute atomic E-state index is 0.0798. The van der Waals surface area contributed by atoms with Crippen molar-refractivity contribution in [3.8, 4) is 0 Å². The fourth-order valence-corrected chi connectivity index (χ4v) is 2.04. The summed E-state index contributed by atoms with van der Waals surface area (Å²) >= 11 is 0. The number of hydrogen-bond acceptors (Lipinski definition) is 3. The third-order valence-corrected chi connectivity index (χ3v) is 3.07. The summed E-state index contributed by atoms with van der Waals surface area (Å²) in [6.45, 7) is 9.81. The van der Waals surface area contributed by atoms with Crippen LogP contribution >= 0.6 is 0 Å². The zero-order valence-electron chi connectivity index (χ0n) is 12.6. The molecule has 0 radical (unpaired) electrons. The first-order chi connectivity index (χ1) is 8.99. The Kier molecular flexibility index (Phi) is 5.87. The van der Waals surface area contributed by atoms with E-state index in [4.69, 9.17) is 4.74 Å². The molecule has 0 spiro atoms. The van der Waals surface area contributed by atoms with Gasteiger partial charge in [0, 0.05) is 5.69 Å². The maximum absolute atomic E-state index is 11.9. The Morgan fingerprint density at radius 1 is 1.16 bits per heavy atom. The van der Waals surface area contributed by atoms with Gasteiger partial charge >= 0.3 is 5.97 Å². The van der Waals surface area contributed by atoms with Crippen LogP contribution in [-0.4, -0.2) is 18.1 Å². The molecule has 0 heterocycles. The van der Waals surface area contributed by atoms with E-state index in [-0.39, 0.29) is 18.1 Å². The molecule has 3 nitrogen and oxygen atoms in total. The van der Waals surface area contributed by atoms with E-state index in [1.165, 1.54) is 11.1 Å². The first-order valence-electron chi connectivity index (χ1n) is 7.07. The van der Waals surface area contributed by atoms with Crippen molar-refractivity contribution >= 4 is 11.7 Å². The van der Waals surface area contributed by atoms with Gasteiger partial charge in [-0.05, 0) is 44.7 Å². The van der Waals surface area contributed by atoms with Crippen molar-refractivity contribution < 1.29 is 9.53 Å². The van der Waals surface area contributed by atoms with Gasteiger partial charge < -0.3 is 10.1 Å². The Morgan fingerprint density at radius 2 is 1.68 bits per heavy atom. The van der Waals surface area contributed by atoms with Crippen molar-refractivity contribution in [2.75, 3.05) is 5.32 Å². The number of carbonyl (C=O) groups excluding carboxylic acids is 1. The van der Waals surface area contributed by atoms with Gasteiger partial charge in [0.15, 0.2) is 0 Å². The molecule has 0 fully saturated rings. The van der Waals surface area contributed by atoms with Crippen LogP contribution in [0.4, 0.5) is 5.69 Å². The summed E-state index contributed by atoms with van der Waals surface area (Å²) in [5, 5.41) is 3.31. The van der Waals surface area contributed by atoms with Crippen molar-refractivity contribution in [2.45, 2.75) is 59.6 Å². The Balaban J connectivity index is 2.89. The quantitative estimate of drug-likeness (QED) is 0.797. The summed E-state index contributed by atoms with van der Waals surface area (Å²) in [7, 11) is 0. The first-order valence-corrected chi connectivity index (χ1v) is 7.07. The van der Waals surface area contributed by atoms with E-state index in [1.807, 2.05) is 20.8 Å². The van der Waals surface area contributed by atoms with Gasteiger partial charge in [-0.15, -0.1) is 0 Å². The lowest BCUT2D eigenvalue weighted by molar-refractivity contribution is -0.147. The maximum Gasteiger partial charge on any atom is 0.328 e. The standard InChI is InChI=1S/C16H25NO2/c1-6-13-9-8-10-14(7-2)15(13)17-12(5)16(18)19-11(3)4/h8-12,17H,6-7H2,1-5H3/t12-/m0/s1. The summed E-state index contributed by atoms with van der Waals surface area (Å²) in [6.07, 6.45) is 1.81. The fraction of sp³-hybridized carbons (Fsp3) is 0.562. The monoisotopic (exact) mass is 263 g/mol. The summed E-state index contributed by atoms with van der Waals surface area (Å²) in [6, 6.07) is 5.93. The Morgan fingerprint density at radius 3 is 2.11 bits per heavy atom. The average Bonchev–Trinajstić information content (AvgIpc) is 2.37. The molecular weight excluding hydrogens is 238 g/mol. The van der Waals surface area contributed by atoms with Crippen LogP contribution in [0.3, 0.4) is 0 Å². The van der Waals surface area contributed by atoms with Gasteiger partial charge in [-0.1, -0.05) is 32.0 Å². The maximum atomic E-state index is 11.9. The Bertz CT molecular complexity index is 405. The molecule has 1 rings (SSSR count). The van der Waals surface area contributed by atoms with Crippen LogP contribution in [0, 0.1) is 0 Å². The van der Waals surface area contributed by atoms with Crippen LogP contribution in [0.1, 0.15) is 45.7 Å². The third-order valence-electron chi connectivity index (χ3n) is 3.07. The number of anilines is 1. The van der Waals surface area contributed by atoms with E-state index in [9.17, 15) is 4.79 Å². The zero-order valence-corrected chi connectivity index (χ0v) is 12.6. The van der Waals surface area contributed by atoms with Gasteiger partial charge in [0.1, 0.15) is 6.04 Å². The highest BCUT2D eigenvalue weighted by molar-refractivity contribution is 5.79. The third kappa shape index (κ3) is 4.27. The van der Waals surface area contributed by atoms with Gasteiger partial charge in [-0.2, -0.15) is 0 Å². The second kappa shape index (κ2) is 7.17. The Hall–Kier alpha value is -1.51. The number of para-hydroxylation sites is 1. The molecule has 3 heteroatoms. The minimum atomic E-state index is -0.333. The van der Waals surface area contributed by atoms with Gasteiger partial charge in [-0.3, -0.25) is 0 Å². The molecule has 0 aliphatic rings. The van der Waals surface area contributed by atoms with Crippen LogP contribution in [0.2, 0.25) is 0 Å². The number of ether oxygens (including phenoxy) is 1. The normalized spacial score (nSPS) is 12.3. The molecule has 106 valence electrons. The molecule has 0 bridgehead atoms. The zero-order chi connectivity index (χ0) is 14.4. The number of aryl methyl sites for hydroxylation is 2. The lowest BCUT2D eigenvalue weighted by atomic mass is 10.0. The number of nitrogens with one attached hydrogen (secondary N) is 1.